The van der Waals surface area contributed by atoms with Crippen molar-refractivity contribution in [3.63, 3.8) is 0 Å². The summed E-state index contributed by atoms with van der Waals surface area (Å²) in [5, 5.41) is 2.85. The maximum atomic E-state index is 12.9. The third-order valence-corrected chi connectivity index (χ3v) is 3.84. The highest BCUT2D eigenvalue weighted by Crippen LogP contribution is 2.29. The molecular weight excluding hydrogens is 323 g/mol. The lowest BCUT2D eigenvalue weighted by molar-refractivity contribution is -0.885. The van der Waals surface area contributed by atoms with Crippen LogP contribution in [0.25, 0.3) is 0 Å². The number of nitrogens with one attached hydrogen (secondary N) is 2. The standard InChI is InChI=1S/C19H23FN2O3/c1-22(12-15-5-4-6-17(24-2)19(15)25-3)13-18(23)21-11-14-7-9-16(20)10-8-14/h4-10H,11-13H2,1-3H3,(H,21,23)/p+1. The van der Waals surface area contributed by atoms with Gasteiger partial charge in [-0.25, -0.2) is 4.39 Å². The molecule has 2 aromatic rings. The quantitative estimate of drug-likeness (QED) is 0.754. The van der Waals surface area contributed by atoms with Crippen molar-refractivity contribution >= 4 is 5.91 Å². The lowest BCUT2D eigenvalue weighted by Crippen LogP contribution is -3.08. The first-order chi connectivity index (χ1) is 12.0. The normalized spacial score (nSPS) is 11.7. The molecular formula is C19H24FN2O3+. The number of methoxy groups -OCH3 is 2. The minimum absolute atomic E-state index is 0.0660. The van der Waals surface area contributed by atoms with Crippen molar-refractivity contribution in [1.29, 1.82) is 0 Å². The van der Waals surface area contributed by atoms with E-state index in [-0.39, 0.29) is 11.7 Å². The summed E-state index contributed by atoms with van der Waals surface area (Å²) in [6.45, 7) is 1.33. The van der Waals surface area contributed by atoms with Gasteiger partial charge in [0.05, 0.1) is 26.8 Å². The molecule has 0 aliphatic rings. The molecule has 2 rings (SSSR count). The van der Waals surface area contributed by atoms with Gasteiger partial charge in [0.2, 0.25) is 0 Å². The van der Waals surface area contributed by atoms with Crippen LogP contribution >= 0.6 is 0 Å². The first-order valence-corrected chi connectivity index (χ1v) is 8.05. The van der Waals surface area contributed by atoms with Crippen LogP contribution in [0.3, 0.4) is 0 Å². The monoisotopic (exact) mass is 347 g/mol. The molecule has 5 nitrogen and oxygen atoms in total. The van der Waals surface area contributed by atoms with E-state index in [0.717, 1.165) is 16.0 Å². The van der Waals surface area contributed by atoms with E-state index in [1.54, 1.807) is 26.4 Å². The molecule has 0 fully saturated rings. The molecule has 2 aromatic carbocycles. The second-order valence-electron chi connectivity index (χ2n) is 5.87. The van der Waals surface area contributed by atoms with E-state index in [1.807, 2.05) is 25.2 Å². The second kappa shape index (κ2) is 9.03. The number of para-hydroxylation sites is 1. The fourth-order valence-electron chi connectivity index (χ4n) is 2.62. The summed E-state index contributed by atoms with van der Waals surface area (Å²) in [6.07, 6.45) is 0. The molecule has 0 heterocycles. The summed E-state index contributed by atoms with van der Waals surface area (Å²) in [6, 6.07) is 11.8. The second-order valence-corrected chi connectivity index (χ2v) is 5.87. The smallest absolute Gasteiger partial charge is 0.275 e. The van der Waals surface area contributed by atoms with Crippen LogP contribution in [-0.2, 0) is 17.9 Å². The van der Waals surface area contributed by atoms with E-state index in [1.165, 1.54) is 12.1 Å². The van der Waals surface area contributed by atoms with Crippen LogP contribution in [0.4, 0.5) is 4.39 Å². The summed E-state index contributed by atoms with van der Waals surface area (Å²) in [7, 11) is 5.14. The van der Waals surface area contributed by atoms with Crippen LogP contribution in [-0.4, -0.2) is 33.7 Å². The van der Waals surface area contributed by atoms with Crippen molar-refractivity contribution in [1.82, 2.24) is 5.32 Å². The molecule has 0 saturated carbocycles. The van der Waals surface area contributed by atoms with Gasteiger partial charge in [-0.05, 0) is 29.8 Å². The van der Waals surface area contributed by atoms with Crippen LogP contribution in [0.15, 0.2) is 42.5 Å². The Kier molecular flexibility index (Phi) is 6.77. The van der Waals surface area contributed by atoms with Crippen molar-refractivity contribution in [3.05, 3.63) is 59.4 Å². The molecule has 6 heteroatoms. The number of ether oxygens (including phenoxy) is 2. The predicted octanol–water partition coefficient (Wildman–Crippen LogP) is 1.17. The molecule has 1 atom stereocenters. The summed E-state index contributed by atoms with van der Waals surface area (Å²) in [5.74, 6) is 1.01. The molecule has 0 spiro atoms. The first-order valence-electron chi connectivity index (χ1n) is 8.05. The van der Waals surface area contributed by atoms with Gasteiger partial charge in [-0.3, -0.25) is 4.79 Å². The number of amides is 1. The SMILES string of the molecule is COc1cccc(C[NH+](C)CC(=O)NCc2ccc(F)cc2)c1OC. The number of quaternary nitrogens is 1. The number of rotatable bonds is 8. The fourth-order valence-corrected chi connectivity index (χ4v) is 2.62. The fraction of sp³-hybridized carbons (Fsp3) is 0.316. The van der Waals surface area contributed by atoms with Gasteiger partial charge in [-0.15, -0.1) is 0 Å². The Bertz CT molecular complexity index is 704. The maximum absolute atomic E-state index is 12.9. The van der Waals surface area contributed by atoms with Crippen molar-refractivity contribution in [2.75, 3.05) is 27.8 Å². The van der Waals surface area contributed by atoms with E-state index in [2.05, 4.69) is 5.32 Å². The molecule has 25 heavy (non-hydrogen) atoms. The van der Waals surface area contributed by atoms with E-state index in [4.69, 9.17) is 9.47 Å². The van der Waals surface area contributed by atoms with E-state index < -0.39 is 0 Å². The lowest BCUT2D eigenvalue weighted by Gasteiger charge is -2.17. The molecule has 0 bridgehead atoms. The zero-order valence-electron chi connectivity index (χ0n) is 14.8. The van der Waals surface area contributed by atoms with E-state index in [0.29, 0.717) is 31.1 Å². The van der Waals surface area contributed by atoms with Gasteiger partial charge in [-0.1, -0.05) is 18.2 Å². The Labute approximate surface area is 147 Å². The molecule has 134 valence electrons. The number of hydrogen-bond acceptors (Lipinski definition) is 3. The number of halogens is 1. The molecule has 1 unspecified atom stereocenters. The average molecular weight is 347 g/mol. The van der Waals surface area contributed by atoms with Gasteiger partial charge in [0, 0.05) is 6.54 Å². The molecule has 1 amide bonds. The number of hydrogen-bond donors (Lipinski definition) is 2. The van der Waals surface area contributed by atoms with Crippen LogP contribution in [0, 0.1) is 5.82 Å². The Hall–Kier alpha value is -2.60. The van der Waals surface area contributed by atoms with Gasteiger partial charge in [0.15, 0.2) is 18.0 Å². The Morgan fingerprint density at radius 2 is 1.84 bits per heavy atom. The number of carbonyl (C=O) groups is 1. The molecule has 2 N–H and O–H groups in total. The highest BCUT2D eigenvalue weighted by molar-refractivity contribution is 5.76. The van der Waals surface area contributed by atoms with Gasteiger partial charge in [-0.2, -0.15) is 0 Å². The van der Waals surface area contributed by atoms with Gasteiger partial charge >= 0.3 is 0 Å². The Balaban J connectivity index is 1.88. The molecule has 0 aromatic heterocycles. The van der Waals surface area contributed by atoms with Gasteiger partial charge < -0.3 is 19.7 Å². The third-order valence-electron chi connectivity index (χ3n) is 3.84. The Morgan fingerprint density at radius 3 is 2.48 bits per heavy atom. The average Bonchev–Trinajstić information content (AvgIpc) is 2.60. The highest BCUT2D eigenvalue weighted by atomic mass is 19.1. The van der Waals surface area contributed by atoms with Crippen molar-refractivity contribution in [2.24, 2.45) is 0 Å². The number of likely N-dealkylation sites (N-methyl/N-ethyl adjacent to an activating group) is 1. The molecule has 0 radical (unpaired) electrons. The van der Waals surface area contributed by atoms with Crippen molar-refractivity contribution in [2.45, 2.75) is 13.1 Å². The van der Waals surface area contributed by atoms with Gasteiger partial charge in [0.25, 0.3) is 5.91 Å². The molecule has 0 aliphatic heterocycles. The highest BCUT2D eigenvalue weighted by Gasteiger charge is 2.15. The third kappa shape index (κ3) is 5.46. The van der Waals surface area contributed by atoms with Gasteiger partial charge in [0.1, 0.15) is 12.4 Å². The van der Waals surface area contributed by atoms with E-state index in [9.17, 15) is 9.18 Å². The van der Waals surface area contributed by atoms with Crippen LogP contribution in [0.5, 0.6) is 11.5 Å². The zero-order chi connectivity index (χ0) is 18.2. The largest absolute Gasteiger partial charge is 0.493 e. The van der Waals surface area contributed by atoms with Crippen LogP contribution < -0.4 is 19.7 Å². The predicted molar refractivity (Wildman–Crippen MR) is 93.3 cm³/mol. The Morgan fingerprint density at radius 1 is 1.12 bits per heavy atom. The molecule has 0 aliphatic carbocycles. The van der Waals surface area contributed by atoms with Crippen molar-refractivity contribution in [3.8, 4) is 11.5 Å². The minimum atomic E-state index is -0.286. The minimum Gasteiger partial charge on any atom is -0.493 e. The van der Waals surface area contributed by atoms with Crippen LogP contribution in [0.1, 0.15) is 11.1 Å². The summed E-state index contributed by atoms with van der Waals surface area (Å²) >= 11 is 0. The maximum Gasteiger partial charge on any atom is 0.275 e. The summed E-state index contributed by atoms with van der Waals surface area (Å²) in [4.78, 5) is 13.1. The van der Waals surface area contributed by atoms with Crippen molar-refractivity contribution < 1.29 is 23.6 Å². The number of carbonyl (C=O) groups excluding carboxylic acids is 1. The molecule has 0 saturated heterocycles. The lowest BCUT2D eigenvalue weighted by atomic mass is 10.1. The first kappa shape index (κ1) is 18.7. The topological polar surface area (TPSA) is 52.0 Å². The number of benzene rings is 2. The van der Waals surface area contributed by atoms with E-state index >= 15 is 0 Å². The summed E-state index contributed by atoms with van der Waals surface area (Å²) < 4.78 is 23.6. The van der Waals surface area contributed by atoms with Crippen LogP contribution in [0.2, 0.25) is 0 Å². The zero-order valence-corrected chi connectivity index (χ0v) is 14.8. The summed E-state index contributed by atoms with van der Waals surface area (Å²) in [5.41, 5.74) is 1.84.